The molecule has 1 fully saturated rings. The van der Waals surface area contributed by atoms with Gasteiger partial charge < -0.3 is 10.5 Å². The fraction of sp³-hybridized carbons (Fsp3) is 0.923. The molecule has 0 saturated heterocycles. The summed E-state index contributed by atoms with van der Waals surface area (Å²) < 4.78 is 42.7. The zero-order chi connectivity index (χ0) is 15.4. The molecule has 1 aliphatic rings. The van der Waals surface area contributed by atoms with E-state index in [1.165, 1.54) is 4.90 Å². The van der Waals surface area contributed by atoms with Gasteiger partial charge in [0.1, 0.15) is 5.54 Å². The molecule has 118 valence electrons. The number of halogens is 3. The van der Waals surface area contributed by atoms with Gasteiger partial charge in [-0.1, -0.05) is 6.92 Å². The molecule has 4 nitrogen and oxygen atoms in total. The summed E-state index contributed by atoms with van der Waals surface area (Å²) in [5, 5.41) is 0. The van der Waals surface area contributed by atoms with Gasteiger partial charge in [0.15, 0.2) is 0 Å². The van der Waals surface area contributed by atoms with Crippen molar-refractivity contribution in [1.82, 2.24) is 4.90 Å². The summed E-state index contributed by atoms with van der Waals surface area (Å²) in [5.41, 5.74) is 4.78. The van der Waals surface area contributed by atoms with Crippen LogP contribution in [0.5, 0.6) is 0 Å². The average molecular weight is 296 g/mol. The molecule has 1 aliphatic carbocycles. The molecular formula is C13H23F3N2O2. The summed E-state index contributed by atoms with van der Waals surface area (Å²) >= 11 is 0. The van der Waals surface area contributed by atoms with E-state index in [0.717, 1.165) is 12.8 Å². The van der Waals surface area contributed by atoms with Gasteiger partial charge in [-0.25, -0.2) is 4.79 Å². The molecule has 0 aromatic carbocycles. The van der Waals surface area contributed by atoms with E-state index in [0.29, 0.717) is 6.42 Å². The Morgan fingerprint density at radius 1 is 1.30 bits per heavy atom. The van der Waals surface area contributed by atoms with Crippen LogP contribution in [0.1, 0.15) is 33.1 Å². The van der Waals surface area contributed by atoms with E-state index in [4.69, 9.17) is 10.5 Å². The van der Waals surface area contributed by atoms with Crippen LogP contribution in [0.3, 0.4) is 0 Å². The van der Waals surface area contributed by atoms with Crippen molar-refractivity contribution in [1.29, 1.82) is 0 Å². The highest BCUT2D eigenvalue weighted by Gasteiger charge is 2.50. The minimum Gasteiger partial charge on any atom is -0.465 e. The summed E-state index contributed by atoms with van der Waals surface area (Å²) in [6.45, 7) is 2.73. The number of hydrogen-bond donors (Lipinski definition) is 1. The van der Waals surface area contributed by atoms with Gasteiger partial charge in [0.2, 0.25) is 0 Å². The molecule has 0 aromatic rings. The van der Waals surface area contributed by atoms with Gasteiger partial charge in [-0.3, -0.25) is 4.90 Å². The first kappa shape index (κ1) is 17.2. The standard InChI is InChI=1S/C13H23F3N2O2/c1-3-7-18(9-13(14,15)16)8-12(17,10-5-6-10)11(19)20-4-2/h10H,3-9,17H2,1-2H3. The summed E-state index contributed by atoms with van der Waals surface area (Å²) in [5.74, 6) is -0.667. The first-order valence-corrected chi connectivity index (χ1v) is 6.98. The van der Waals surface area contributed by atoms with Gasteiger partial charge in [-0.15, -0.1) is 0 Å². The molecule has 0 radical (unpaired) electrons. The lowest BCUT2D eigenvalue weighted by atomic mass is 9.93. The number of hydrogen-bond acceptors (Lipinski definition) is 4. The van der Waals surface area contributed by atoms with Crippen molar-refractivity contribution in [2.75, 3.05) is 26.2 Å². The number of nitrogens with two attached hydrogens (primary N) is 1. The molecule has 1 atom stereocenters. The second kappa shape index (κ2) is 6.76. The Balaban J connectivity index is 2.77. The molecule has 7 heteroatoms. The van der Waals surface area contributed by atoms with E-state index in [1.807, 2.05) is 0 Å². The number of nitrogens with zero attached hydrogens (tertiary/aromatic N) is 1. The van der Waals surface area contributed by atoms with E-state index in [1.54, 1.807) is 13.8 Å². The van der Waals surface area contributed by atoms with Gasteiger partial charge in [0.25, 0.3) is 0 Å². The maximum absolute atomic E-state index is 12.6. The zero-order valence-corrected chi connectivity index (χ0v) is 12.0. The minimum atomic E-state index is -4.30. The lowest BCUT2D eigenvalue weighted by Crippen LogP contribution is -2.59. The van der Waals surface area contributed by atoms with Crippen LogP contribution in [0, 0.1) is 5.92 Å². The fourth-order valence-electron chi connectivity index (χ4n) is 2.38. The molecular weight excluding hydrogens is 273 g/mol. The molecule has 0 aliphatic heterocycles. The topological polar surface area (TPSA) is 55.6 Å². The van der Waals surface area contributed by atoms with Crippen molar-refractivity contribution in [3.05, 3.63) is 0 Å². The third-order valence-electron chi connectivity index (χ3n) is 3.39. The Morgan fingerprint density at radius 3 is 2.30 bits per heavy atom. The summed E-state index contributed by atoms with van der Waals surface area (Å²) in [4.78, 5) is 13.2. The summed E-state index contributed by atoms with van der Waals surface area (Å²) in [6.07, 6.45) is -2.20. The van der Waals surface area contributed by atoms with E-state index >= 15 is 0 Å². The van der Waals surface area contributed by atoms with Crippen molar-refractivity contribution in [2.24, 2.45) is 11.7 Å². The van der Waals surface area contributed by atoms with E-state index in [-0.39, 0.29) is 25.6 Å². The van der Waals surface area contributed by atoms with Gasteiger partial charge in [-0.2, -0.15) is 13.2 Å². The van der Waals surface area contributed by atoms with Crippen LogP contribution in [0.25, 0.3) is 0 Å². The molecule has 20 heavy (non-hydrogen) atoms. The number of rotatable bonds is 8. The number of carbonyl (C=O) groups is 1. The third kappa shape index (κ3) is 4.94. The molecule has 0 heterocycles. The molecule has 0 bridgehead atoms. The molecule has 1 unspecified atom stereocenters. The van der Waals surface area contributed by atoms with Crippen LogP contribution in [-0.2, 0) is 9.53 Å². The second-order valence-corrected chi connectivity index (χ2v) is 5.36. The molecule has 1 saturated carbocycles. The fourth-order valence-corrected chi connectivity index (χ4v) is 2.38. The van der Waals surface area contributed by atoms with Gasteiger partial charge in [-0.05, 0) is 38.6 Å². The Hall–Kier alpha value is -0.820. The quantitative estimate of drug-likeness (QED) is 0.695. The second-order valence-electron chi connectivity index (χ2n) is 5.36. The lowest BCUT2D eigenvalue weighted by molar-refractivity contribution is -0.159. The Kier molecular flexibility index (Phi) is 5.82. The number of carbonyl (C=O) groups excluding carboxylic acids is 1. The van der Waals surface area contributed by atoms with Crippen molar-refractivity contribution in [2.45, 2.75) is 44.8 Å². The maximum Gasteiger partial charge on any atom is 0.401 e. The van der Waals surface area contributed by atoms with Gasteiger partial charge in [0.05, 0.1) is 13.2 Å². The zero-order valence-electron chi connectivity index (χ0n) is 12.0. The Labute approximate surface area is 117 Å². The normalized spacial score (nSPS) is 18.9. The summed E-state index contributed by atoms with van der Waals surface area (Å²) in [6, 6.07) is 0. The Bertz CT molecular complexity index is 332. The van der Waals surface area contributed by atoms with E-state index in [9.17, 15) is 18.0 Å². The van der Waals surface area contributed by atoms with Crippen molar-refractivity contribution >= 4 is 5.97 Å². The lowest BCUT2D eigenvalue weighted by Gasteiger charge is -2.34. The highest BCUT2D eigenvalue weighted by molar-refractivity contribution is 5.82. The van der Waals surface area contributed by atoms with Crippen LogP contribution in [-0.4, -0.2) is 48.8 Å². The van der Waals surface area contributed by atoms with Crippen LogP contribution >= 0.6 is 0 Å². The maximum atomic E-state index is 12.6. The van der Waals surface area contributed by atoms with Crippen molar-refractivity contribution in [3.63, 3.8) is 0 Å². The highest BCUT2D eigenvalue weighted by atomic mass is 19.4. The predicted octanol–water partition coefficient (Wildman–Crippen LogP) is 1.93. The minimum absolute atomic E-state index is 0.0749. The highest BCUT2D eigenvalue weighted by Crippen LogP contribution is 2.39. The van der Waals surface area contributed by atoms with Crippen molar-refractivity contribution in [3.8, 4) is 0 Å². The van der Waals surface area contributed by atoms with Crippen LogP contribution < -0.4 is 5.73 Å². The van der Waals surface area contributed by atoms with Gasteiger partial charge >= 0.3 is 12.1 Å². The number of ether oxygens (including phenoxy) is 1. The molecule has 0 aromatic heterocycles. The van der Waals surface area contributed by atoms with Crippen LogP contribution in [0.15, 0.2) is 0 Å². The Morgan fingerprint density at radius 2 is 1.90 bits per heavy atom. The average Bonchev–Trinajstić information content (AvgIpc) is 3.11. The largest absolute Gasteiger partial charge is 0.465 e. The van der Waals surface area contributed by atoms with E-state index < -0.39 is 24.2 Å². The third-order valence-corrected chi connectivity index (χ3v) is 3.39. The SMILES string of the molecule is CCCN(CC(F)(F)F)CC(N)(C(=O)OCC)C1CC1. The first-order chi connectivity index (χ1) is 9.23. The predicted molar refractivity (Wildman–Crippen MR) is 69.1 cm³/mol. The molecule has 0 amide bonds. The smallest absolute Gasteiger partial charge is 0.401 e. The first-order valence-electron chi connectivity index (χ1n) is 6.98. The van der Waals surface area contributed by atoms with Crippen molar-refractivity contribution < 1.29 is 22.7 Å². The molecule has 0 spiro atoms. The number of esters is 1. The molecule has 1 rings (SSSR count). The van der Waals surface area contributed by atoms with Crippen LogP contribution in [0.2, 0.25) is 0 Å². The number of alkyl halides is 3. The molecule has 2 N–H and O–H groups in total. The monoisotopic (exact) mass is 296 g/mol. The van der Waals surface area contributed by atoms with Gasteiger partial charge in [0, 0.05) is 6.54 Å². The van der Waals surface area contributed by atoms with E-state index in [2.05, 4.69) is 0 Å². The van der Waals surface area contributed by atoms with Crippen LogP contribution in [0.4, 0.5) is 13.2 Å². The summed E-state index contributed by atoms with van der Waals surface area (Å²) in [7, 11) is 0.